The van der Waals surface area contributed by atoms with Gasteiger partial charge in [-0.15, -0.1) is 0 Å². The second kappa shape index (κ2) is 6.78. The lowest BCUT2D eigenvalue weighted by atomic mass is 10.1. The monoisotopic (exact) mass is 271 g/mol. The molecule has 0 amide bonds. The predicted octanol–water partition coefficient (Wildman–Crippen LogP) is 4.56. The van der Waals surface area contributed by atoms with Crippen LogP contribution in [0.2, 0.25) is 0 Å². The van der Waals surface area contributed by atoms with Crippen molar-refractivity contribution in [1.82, 2.24) is 5.32 Å². The summed E-state index contributed by atoms with van der Waals surface area (Å²) in [6, 6.07) is 15.4. The fraction of sp³-hybridized carbons (Fsp3) is 0.294. The summed E-state index contributed by atoms with van der Waals surface area (Å²) in [6.45, 7) is 8.41. The van der Waals surface area contributed by atoms with E-state index < -0.39 is 0 Å². The summed E-state index contributed by atoms with van der Waals surface area (Å²) in [5, 5.41) is 3.37. The Hall–Kier alpha value is -1.25. The fourth-order valence-electron chi connectivity index (χ4n) is 1.93. The molecular weight excluding hydrogens is 250 g/mol. The zero-order valence-corrected chi connectivity index (χ0v) is 12.7. The van der Waals surface area contributed by atoms with Crippen molar-refractivity contribution in [2.75, 3.05) is 6.54 Å². The minimum Gasteiger partial charge on any atom is -0.313 e. The molecule has 19 heavy (non-hydrogen) atoms. The molecule has 0 saturated heterocycles. The van der Waals surface area contributed by atoms with Crippen LogP contribution in [0.1, 0.15) is 23.6 Å². The molecule has 0 heterocycles. The van der Waals surface area contributed by atoms with Gasteiger partial charge in [0.2, 0.25) is 0 Å². The molecule has 2 rings (SSSR count). The summed E-state index contributed by atoms with van der Waals surface area (Å²) in [4.78, 5) is 2.60. The maximum Gasteiger partial charge on any atom is 0.0208 e. The van der Waals surface area contributed by atoms with Crippen molar-refractivity contribution in [3.05, 3.63) is 59.2 Å². The van der Waals surface area contributed by atoms with Gasteiger partial charge in [0.15, 0.2) is 0 Å². The first-order valence-corrected chi connectivity index (χ1v) is 7.55. The Morgan fingerprint density at radius 2 is 1.63 bits per heavy atom. The molecule has 2 aromatic carbocycles. The first kappa shape index (κ1) is 14.2. The summed E-state index contributed by atoms with van der Waals surface area (Å²) in [7, 11) is 0. The highest BCUT2D eigenvalue weighted by atomic mass is 32.2. The van der Waals surface area contributed by atoms with Gasteiger partial charge in [-0.05, 0) is 55.8 Å². The topological polar surface area (TPSA) is 12.0 Å². The highest BCUT2D eigenvalue weighted by Crippen LogP contribution is 2.29. The van der Waals surface area contributed by atoms with Crippen LogP contribution < -0.4 is 5.32 Å². The Morgan fingerprint density at radius 3 is 2.26 bits per heavy atom. The Kier molecular flexibility index (Phi) is 5.06. The number of rotatable bonds is 5. The van der Waals surface area contributed by atoms with Gasteiger partial charge in [0.1, 0.15) is 0 Å². The second-order valence-corrected chi connectivity index (χ2v) is 5.93. The average Bonchev–Trinajstić information content (AvgIpc) is 2.41. The number of nitrogens with one attached hydrogen (secondary N) is 1. The van der Waals surface area contributed by atoms with Gasteiger partial charge in [0.25, 0.3) is 0 Å². The van der Waals surface area contributed by atoms with Gasteiger partial charge >= 0.3 is 0 Å². The van der Waals surface area contributed by atoms with E-state index in [0.29, 0.717) is 0 Å². The lowest BCUT2D eigenvalue weighted by molar-refractivity contribution is 0.723. The predicted molar refractivity (Wildman–Crippen MR) is 83.9 cm³/mol. The minimum atomic E-state index is 0.956. The molecule has 1 N–H and O–H groups in total. The van der Waals surface area contributed by atoms with Crippen LogP contribution in [0.25, 0.3) is 0 Å². The van der Waals surface area contributed by atoms with Gasteiger partial charge in [-0.25, -0.2) is 0 Å². The molecular formula is C17H21NS. The van der Waals surface area contributed by atoms with Crippen molar-refractivity contribution in [3.8, 4) is 0 Å². The molecule has 0 saturated carbocycles. The third kappa shape index (κ3) is 4.12. The Balaban J connectivity index is 2.09. The normalized spacial score (nSPS) is 10.7. The molecule has 0 atom stereocenters. The zero-order chi connectivity index (χ0) is 13.7. The molecule has 1 nitrogen and oxygen atoms in total. The number of benzene rings is 2. The van der Waals surface area contributed by atoms with Gasteiger partial charge < -0.3 is 5.32 Å². The summed E-state index contributed by atoms with van der Waals surface area (Å²) in [5.74, 6) is 0. The molecule has 0 radical (unpaired) electrons. The second-order valence-electron chi connectivity index (χ2n) is 4.78. The number of aryl methyl sites for hydroxylation is 2. The van der Waals surface area contributed by atoms with Crippen LogP contribution in [-0.4, -0.2) is 6.54 Å². The largest absolute Gasteiger partial charge is 0.313 e. The smallest absolute Gasteiger partial charge is 0.0208 e. The standard InChI is InChI=1S/C17H21NS/c1-4-18-12-15-7-10-17(11-14(15)3)19-16-8-5-13(2)6-9-16/h5-11,18H,4,12H2,1-3H3. The van der Waals surface area contributed by atoms with Crippen molar-refractivity contribution in [2.24, 2.45) is 0 Å². The Morgan fingerprint density at radius 1 is 0.947 bits per heavy atom. The maximum absolute atomic E-state index is 3.37. The summed E-state index contributed by atoms with van der Waals surface area (Å²) in [5.41, 5.74) is 4.05. The van der Waals surface area contributed by atoms with E-state index in [4.69, 9.17) is 0 Å². The highest BCUT2D eigenvalue weighted by Gasteiger charge is 2.02. The Labute approximate surface area is 120 Å². The van der Waals surface area contributed by atoms with Crippen LogP contribution in [0.4, 0.5) is 0 Å². The van der Waals surface area contributed by atoms with Crippen LogP contribution in [0.5, 0.6) is 0 Å². The summed E-state index contributed by atoms with van der Waals surface area (Å²) < 4.78 is 0. The molecule has 0 spiro atoms. The molecule has 0 aliphatic rings. The molecule has 0 fully saturated rings. The zero-order valence-electron chi connectivity index (χ0n) is 11.9. The van der Waals surface area contributed by atoms with Crippen molar-refractivity contribution < 1.29 is 0 Å². The van der Waals surface area contributed by atoms with E-state index in [9.17, 15) is 0 Å². The van der Waals surface area contributed by atoms with Crippen LogP contribution in [0.15, 0.2) is 52.3 Å². The molecule has 0 aromatic heterocycles. The molecule has 0 unspecified atom stereocenters. The van der Waals surface area contributed by atoms with Crippen LogP contribution in [0, 0.1) is 13.8 Å². The first-order chi connectivity index (χ1) is 9.19. The summed E-state index contributed by atoms with van der Waals surface area (Å²) >= 11 is 1.82. The number of hydrogen-bond acceptors (Lipinski definition) is 2. The van der Waals surface area contributed by atoms with Crippen molar-refractivity contribution in [3.63, 3.8) is 0 Å². The quantitative estimate of drug-likeness (QED) is 0.855. The third-order valence-corrected chi connectivity index (χ3v) is 4.13. The van der Waals surface area contributed by atoms with E-state index in [1.165, 1.54) is 26.5 Å². The lowest BCUT2D eigenvalue weighted by Crippen LogP contribution is -2.12. The molecule has 100 valence electrons. The average molecular weight is 271 g/mol. The maximum atomic E-state index is 3.37. The third-order valence-electron chi connectivity index (χ3n) is 3.14. The highest BCUT2D eigenvalue weighted by molar-refractivity contribution is 7.99. The lowest BCUT2D eigenvalue weighted by Gasteiger charge is -2.09. The van der Waals surface area contributed by atoms with Crippen LogP contribution >= 0.6 is 11.8 Å². The van der Waals surface area contributed by atoms with E-state index in [1.807, 2.05) is 11.8 Å². The molecule has 2 aromatic rings. The minimum absolute atomic E-state index is 0.956. The van der Waals surface area contributed by atoms with Gasteiger partial charge in [-0.2, -0.15) is 0 Å². The van der Waals surface area contributed by atoms with E-state index in [2.05, 4.69) is 68.6 Å². The van der Waals surface area contributed by atoms with E-state index in [1.54, 1.807) is 0 Å². The molecule has 2 heteroatoms. The van der Waals surface area contributed by atoms with Gasteiger partial charge in [0, 0.05) is 16.3 Å². The SMILES string of the molecule is CCNCc1ccc(Sc2ccc(C)cc2)cc1C. The first-order valence-electron chi connectivity index (χ1n) is 6.74. The summed E-state index contributed by atoms with van der Waals surface area (Å²) in [6.07, 6.45) is 0. The molecule has 0 aliphatic carbocycles. The van der Waals surface area contributed by atoms with Crippen LogP contribution in [0.3, 0.4) is 0 Å². The van der Waals surface area contributed by atoms with Crippen molar-refractivity contribution in [1.29, 1.82) is 0 Å². The van der Waals surface area contributed by atoms with Gasteiger partial charge in [-0.1, -0.05) is 42.4 Å². The fourth-order valence-corrected chi connectivity index (χ4v) is 2.85. The van der Waals surface area contributed by atoms with Crippen molar-refractivity contribution in [2.45, 2.75) is 37.1 Å². The van der Waals surface area contributed by atoms with E-state index in [-0.39, 0.29) is 0 Å². The van der Waals surface area contributed by atoms with Crippen LogP contribution in [-0.2, 0) is 6.54 Å². The van der Waals surface area contributed by atoms with E-state index >= 15 is 0 Å². The molecule has 0 bridgehead atoms. The van der Waals surface area contributed by atoms with Crippen molar-refractivity contribution >= 4 is 11.8 Å². The molecule has 0 aliphatic heterocycles. The van der Waals surface area contributed by atoms with E-state index in [0.717, 1.165) is 13.1 Å². The Bertz CT molecular complexity index is 531. The van der Waals surface area contributed by atoms with Gasteiger partial charge in [0.05, 0.1) is 0 Å². The number of hydrogen-bond donors (Lipinski definition) is 1. The van der Waals surface area contributed by atoms with Gasteiger partial charge in [-0.3, -0.25) is 0 Å².